The molecule has 3 aromatic rings. The molecule has 0 spiro atoms. The third kappa shape index (κ3) is 5.30. The molecule has 1 N–H and O–H groups in total. The second-order valence-electron chi connectivity index (χ2n) is 6.83. The molecule has 0 atom stereocenters. The Hall–Kier alpha value is -3.29. The zero-order chi connectivity index (χ0) is 23.1. The van der Waals surface area contributed by atoms with Crippen LogP contribution in [0.5, 0.6) is 5.75 Å². The Morgan fingerprint density at radius 2 is 1.78 bits per heavy atom. The molecule has 3 rings (SSSR count). The third-order valence-electron chi connectivity index (χ3n) is 4.72. The summed E-state index contributed by atoms with van der Waals surface area (Å²) in [5.74, 6) is 0.237. The Balaban J connectivity index is 1.86. The highest BCUT2D eigenvalue weighted by Crippen LogP contribution is 2.27. The average Bonchev–Trinajstić information content (AvgIpc) is 2.82. The van der Waals surface area contributed by atoms with Crippen molar-refractivity contribution in [1.29, 1.82) is 0 Å². The van der Waals surface area contributed by atoms with E-state index in [1.807, 2.05) is 12.1 Å². The smallest absolute Gasteiger partial charge is 0.264 e. The summed E-state index contributed by atoms with van der Waals surface area (Å²) in [6.45, 7) is 3.99. The average molecular weight is 471 g/mol. The molecule has 3 aromatic carbocycles. The van der Waals surface area contributed by atoms with E-state index >= 15 is 0 Å². The fraction of sp³-hybridized carbons (Fsp3) is 0.125. The minimum absolute atomic E-state index is 0.0396. The topological polar surface area (TPSA) is 75.7 Å². The van der Waals surface area contributed by atoms with Crippen LogP contribution >= 0.6 is 11.6 Å². The Morgan fingerprint density at radius 1 is 1.09 bits per heavy atom. The summed E-state index contributed by atoms with van der Waals surface area (Å²) in [6.07, 6.45) is 1.50. The Bertz CT molecular complexity index is 1200. The summed E-state index contributed by atoms with van der Waals surface area (Å²) in [5, 5.41) is 2.93. The van der Waals surface area contributed by atoms with Crippen molar-refractivity contribution in [2.75, 3.05) is 18.0 Å². The van der Waals surface area contributed by atoms with Gasteiger partial charge in [0.05, 0.1) is 34.8 Å². The number of halogens is 1. The first-order valence-corrected chi connectivity index (χ1v) is 11.6. The number of sulfonamides is 1. The molecular formula is C24H23ClN2O4S. The fourth-order valence-electron chi connectivity index (χ4n) is 3.04. The normalized spacial score (nSPS) is 10.9. The van der Waals surface area contributed by atoms with Crippen molar-refractivity contribution in [2.45, 2.75) is 11.4 Å². The molecule has 0 bridgehead atoms. The lowest BCUT2D eigenvalue weighted by Gasteiger charge is -2.23. The molecule has 0 heterocycles. The molecule has 0 unspecified atom stereocenters. The number of carbonyl (C=O) groups excluding carboxylic acids is 1. The maximum atomic E-state index is 13.3. The van der Waals surface area contributed by atoms with Crippen molar-refractivity contribution in [1.82, 2.24) is 5.32 Å². The lowest BCUT2D eigenvalue weighted by molar-refractivity contribution is 0.0951. The summed E-state index contributed by atoms with van der Waals surface area (Å²) in [4.78, 5) is 12.7. The molecule has 0 aromatic heterocycles. The molecule has 0 aliphatic rings. The first kappa shape index (κ1) is 23.4. The first-order valence-electron chi connectivity index (χ1n) is 9.76. The van der Waals surface area contributed by atoms with Crippen LogP contribution < -0.4 is 14.4 Å². The second kappa shape index (κ2) is 10.3. The van der Waals surface area contributed by atoms with Crippen LogP contribution in [0.3, 0.4) is 0 Å². The van der Waals surface area contributed by atoms with E-state index in [0.717, 1.165) is 5.56 Å². The van der Waals surface area contributed by atoms with Crippen LogP contribution in [0.25, 0.3) is 0 Å². The van der Waals surface area contributed by atoms with Crippen molar-refractivity contribution in [3.8, 4) is 5.75 Å². The van der Waals surface area contributed by atoms with Crippen molar-refractivity contribution in [3.05, 3.63) is 102 Å². The number of ether oxygens (including phenoxy) is 1. The quantitative estimate of drug-likeness (QED) is 0.461. The zero-order valence-corrected chi connectivity index (χ0v) is 19.1. The number of benzene rings is 3. The van der Waals surface area contributed by atoms with Gasteiger partial charge in [-0.1, -0.05) is 48.0 Å². The molecule has 6 nitrogen and oxygen atoms in total. The van der Waals surface area contributed by atoms with E-state index in [-0.39, 0.29) is 28.6 Å². The van der Waals surface area contributed by atoms with Crippen molar-refractivity contribution in [2.24, 2.45) is 0 Å². The lowest BCUT2D eigenvalue weighted by atomic mass is 10.2. The van der Waals surface area contributed by atoms with Crippen LogP contribution in [-0.4, -0.2) is 28.0 Å². The first-order chi connectivity index (χ1) is 15.4. The van der Waals surface area contributed by atoms with Crippen LogP contribution in [0, 0.1) is 0 Å². The van der Waals surface area contributed by atoms with Gasteiger partial charge in [-0.3, -0.25) is 9.10 Å². The van der Waals surface area contributed by atoms with Crippen molar-refractivity contribution < 1.29 is 17.9 Å². The van der Waals surface area contributed by atoms with E-state index in [2.05, 4.69) is 11.9 Å². The van der Waals surface area contributed by atoms with Gasteiger partial charge in [0.1, 0.15) is 5.75 Å². The van der Waals surface area contributed by atoms with Crippen LogP contribution in [0.4, 0.5) is 5.69 Å². The molecule has 0 aliphatic carbocycles. The van der Waals surface area contributed by atoms with Gasteiger partial charge >= 0.3 is 0 Å². The van der Waals surface area contributed by atoms with Gasteiger partial charge in [0.15, 0.2) is 0 Å². The van der Waals surface area contributed by atoms with Crippen LogP contribution in [-0.2, 0) is 16.6 Å². The number of rotatable bonds is 9. The number of nitrogens with zero attached hydrogens (tertiary/aromatic N) is 1. The summed E-state index contributed by atoms with van der Waals surface area (Å²) >= 11 is 6.22. The highest BCUT2D eigenvalue weighted by Gasteiger charge is 2.25. The number of nitrogens with one attached hydrogen (secondary N) is 1. The van der Waals surface area contributed by atoms with Gasteiger partial charge in [0, 0.05) is 6.54 Å². The van der Waals surface area contributed by atoms with Gasteiger partial charge in [0.25, 0.3) is 15.9 Å². The van der Waals surface area contributed by atoms with Crippen molar-refractivity contribution in [3.63, 3.8) is 0 Å². The van der Waals surface area contributed by atoms with Gasteiger partial charge < -0.3 is 10.1 Å². The van der Waals surface area contributed by atoms with E-state index in [0.29, 0.717) is 11.4 Å². The van der Waals surface area contributed by atoms with Crippen LogP contribution in [0.15, 0.2) is 90.3 Å². The lowest BCUT2D eigenvalue weighted by Crippen LogP contribution is -2.31. The molecule has 0 saturated carbocycles. The summed E-state index contributed by atoms with van der Waals surface area (Å²) in [6, 6.07) is 20.0. The highest BCUT2D eigenvalue weighted by atomic mass is 35.5. The summed E-state index contributed by atoms with van der Waals surface area (Å²) in [5.41, 5.74) is 1.43. The second-order valence-corrected chi connectivity index (χ2v) is 9.10. The van der Waals surface area contributed by atoms with Gasteiger partial charge in [-0.25, -0.2) is 8.42 Å². The minimum atomic E-state index is -3.95. The van der Waals surface area contributed by atoms with Gasteiger partial charge in [-0.2, -0.15) is 0 Å². The van der Waals surface area contributed by atoms with E-state index in [1.54, 1.807) is 49.6 Å². The summed E-state index contributed by atoms with van der Waals surface area (Å²) < 4.78 is 33.0. The van der Waals surface area contributed by atoms with E-state index in [9.17, 15) is 13.2 Å². The van der Waals surface area contributed by atoms with Crippen LogP contribution in [0.1, 0.15) is 15.9 Å². The Labute approximate surface area is 193 Å². The van der Waals surface area contributed by atoms with Gasteiger partial charge in [0.2, 0.25) is 0 Å². The van der Waals surface area contributed by atoms with E-state index < -0.39 is 15.9 Å². The number of hydrogen-bond donors (Lipinski definition) is 1. The Morgan fingerprint density at radius 3 is 2.41 bits per heavy atom. The van der Waals surface area contributed by atoms with E-state index in [1.165, 1.54) is 28.6 Å². The number of para-hydroxylation sites is 1. The van der Waals surface area contributed by atoms with Crippen molar-refractivity contribution >= 4 is 33.2 Å². The standard InChI is InChI=1S/C24H23ClN2O4S/c1-3-15-27(19-7-5-4-6-8-19)32(29,30)21-13-14-23(25)22(16-21)24(28)26-17-18-9-11-20(31-2)12-10-18/h3-14,16H,1,15,17H2,2H3,(H,26,28). The van der Waals surface area contributed by atoms with Gasteiger partial charge in [-0.05, 0) is 48.0 Å². The molecule has 0 fully saturated rings. The number of amides is 1. The number of anilines is 1. The largest absolute Gasteiger partial charge is 0.497 e. The molecule has 32 heavy (non-hydrogen) atoms. The Kier molecular flexibility index (Phi) is 7.56. The summed E-state index contributed by atoms with van der Waals surface area (Å²) in [7, 11) is -2.38. The molecule has 0 saturated heterocycles. The van der Waals surface area contributed by atoms with Gasteiger partial charge in [-0.15, -0.1) is 6.58 Å². The molecule has 166 valence electrons. The predicted octanol–water partition coefficient (Wildman–Crippen LogP) is 4.66. The number of carbonyl (C=O) groups is 1. The molecular weight excluding hydrogens is 448 g/mol. The fourth-order valence-corrected chi connectivity index (χ4v) is 4.71. The molecule has 0 aliphatic heterocycles. The van der Waals surface area contributed by atoms with E-state index in [4.69, 9.17) is 16.3 Å². The maximum Gasteiger partial charge on any atom is 0.264 e. The maximum absolute atomic E-state index is 13.3. The zero-order valence-electron chi connectivity index (χ0n) is 17.5. The molecule has 8 heteroatoms. The highest BCUT2D eigenvalue weighted by molar-refractivity contribution is 7.92. The number of hydrogen-bond acceptors (Lipinski definition) is 4. The SMILES string of the molecule is C=CCN(c1ccccc1)S(=O)(=O)c1ccc(Cl)c(C(=O)NCc2ccc(OC)cc2)c1. The van der Waals surface area contributed by atoms with Crippen LogP contribution in [0.2, 0.25) is 5.02 Å². The third-order valence-corrected chi connectivity index (χ3v) is 6.84. The number of methoxy groups -OCH3 is 1. The minimum Gasteiger partial charge on any atom is -0.497 e. The molecule has 0 radical (unpaired) electrons. The monoisotopic (exact) mass is 470 g/mol. The molecule has 1 amide bonds. The predicted molar refractivity (Wildman–Crippen MR) is 127 cm³/mol.